The van der Waals surface area contributed by atoms with Gasteiger partial charge in [0.2, 0.25) is 0 Å². The standard InChI is InChI=1S/C33H68O7/c1-3-5-7-8-9-10-11-12-13-14-15-16-17-19-21-35-23-25-37-27-29-39-31-33-40-32-30-38-28-26-36-24-22-34-20-18-6-4-2/h3-33H2,1-2H3. The van der Waals surface area contributed by atoms with E-state index < -0.39 is 0 Å². The van der Waals surface area contributed by atoms with Crippen molar-refractivity contribution in [2.45, 2.75) is 123 Å². The van der Waals surface area contributed by atoms with Gasteiger partial charge in [0.1, 0.15) is 0 Å². The van der Waals surface area contributed by atoms with E-state index in [9.17, 15) is 0 Å². The molecule has 0 rings (SSSR count). The Balaban J connectivity index is 3.01. The normalized spacial score (nSPS) is 11.6. The van der Waals surface area contributed by atoms with Gasteiger partial charge in [-0.3, -0.25) is 0 Å². The molecule has 0 spiro atoms. The molecule has 0 aliphatic carbocycles. The number of unbranched alkanes of at least 4 members (excludes halogenated alkanes) is 15. The molecule has 0 saturated carbocycles. The molecule has 0 N–H and O–H groups in total. The zero-order valence-electron chi connectivity index (χ0n) is 26.8. The molecule has 7 heteroatoms. The van der Waals surface area contributed by atoms with Gasteiger partial charge in [-0.2, -0.15) is 0 Å². The second-order valence-corrected chi connectivity index (χ2v) is 10.6. The topological polar surface area (TPSA) is 64.6 Å². The molecule has 242 valence electrons. The highest BCUT2D eigenvalue weighted by Crippen LogP contribution is 2.12. The maximum absolute atomic E-state index is 5.67. The van der Waals surface area contributed by atoms with Gasteiger partial charge in [-0.1, -0.05) is 110 Å². The molecule has 0 radical (unpaired) electrons. The summed E-state index contributed by atoms with van der Waals surface area (Å²) in [6, 6.07) is 0. The van der Waals surface area contributed by atoms with Gasteiger partial charge < -0.3 is 33.2 Å². The van der Waals surface area contributed by atoms with Gasteiger partial charge >= 0.3 is 0 Å². The first kappa shape index (κ1) is 39.7. The predicted octanol–water partition coefficient (Wildman–Crippen LogP) is 7.77. The van der Waals surface area contributed by atoms with Gasteiger partial charge in [-0.25, -0.2) is 0 Å². The van der Waals surface area contributed by atoms with Crippen molar-refractivity contribution in [2.24, 2.45) is 0 Å². The zero-order chi connectivity index (χ0) is 28.9. The molecule has 0 atom stereocenters. The molecule has 40 heavy (non-hydrogen) atoms. The van der Waals surface area contributed by atoms with E-state index in [0.29, 0.717) is 79.3 Å². The molecule has 0 aromatic heterocycles. The minimum atomic E-state index is 0.567. The van der Waals surface area contributed by atoms with E-state index >= 15 is 0 Å². The smallest absolute Gasteiger partial charge is 0.0701 e. The molecule has 0 heterocycles. The van der Waals surface area contributed by atoms with Crippen molar-refractivity contribution in [3.63, 3.8) is 0 Å². The first-order chi connectivity index (χ1) is 19.9. The third-order valence-electron chi connectivity index (χ3n) is 6.77. The Labute approximate surface area is 248 Å². The van der Waals surface area contributed by atoms with Gasteiger partial charge in [0.25, 0.3) is 0 Å². The molecule has 0 amide bonds. The van der Waals surface area contributed by atoms with Crippen LogP contribution in [-0.4, -0.2) is 92.5 Å². The summed E-state index contributed by atoms with van der Waals surface area (Å²) < 4.78 is 38.7. The summed E-state index contributed by atoms with van der Waals surface area (Å²) >= 11 is 0. The number of hydrogen-bond acceptors (Lipinski definition) is 7. The molecule has 7 nitrogen and oxygen atoms in total. The fraction of sp³-hybridized carbons (Fsp3) is 1.00. The minimum absolute atomic E-state index is 0.567. The van der Waals surface area contributed by atoms with E-state index in [1.165, 1.54) is 96.3 Å². The van der Waals surface area contributed by atoms with E-state index in [-0.39, 0.29) is 0 Å². The average Bonchev–Trinajstić information content (AvgIpc) is 2.97. The van der Waals surface area contributed by atoms with Crippen LogP contribution in [0.1, 0.15) is 123 Å². The molecule has 0 aromatic rings. The van der Waals surface area contributed by atoms with Crippen molar-refractivity contribution in [1.82, 2.24) is 0 Å². The molecule has 0 saturated heterocycles. The second kappa shape index (κ2) is 38.7. The highest BCUT2D eigenvalue weighted by Gasteiger charge is 1.97. The summed E-state index contributed by atoms with van der Waals surface area (Å²) in [6.45, 7) is 13.3. The van der Waals surface area contributed by atoms with Crippen molar-refractivity contribution in [3.05, 3.63) is 0 Å². The minimum Gasteiger partial charge on any atom is -0.379 e. The predicted molar refractivity (Wildman–Crippen MR) is 166 cm³/mol. The maximum atomic E-state index is 5.67. The Hall–Kier alpha value is -0.280. The van der Waals surface area contributed by atoms with Gasteiger partial charge in [0.15, 0.2) is 0 Å². The van der Waals surface area contributed by atoms with Crippen LogP contribution in [-0.2, 0) is 33.2 Å². The summed E-state index contributed by atoms with van der Waals surface area (Å²) in [6.07, 6.45) is 23.0. The summed E-state index contributed by atoms with van der Waals surface area (Å²) in [7, 11) is 0. The monoisotopic (exact) mass is 576 g/mol. The fourth-order valence-corrected chi connectivity index (χ4v) is 4.27. The SMILES string of the molecule is CCCCCCCCCCCCCCCCOCCOCCOCCOCCOCCOCCOCCCCC. The van der Waals surface area contributed by atoms with Crippen molar-refractivity contribution < 1.29 is 33.2 Å². The third kappa shape index (κ3) is 37.7. The molecule has 0 unspecified atom stereocenters. The van der Waals surface area contributed by atoms with Crippen LogP contribution in [0.25, 0.3) is 0 Å². The van der Waals surface area contributed by atoms with Gasteiger partial charge in [-0.15, -0.1) is 0 Å². The molecular formula is C33H68O7. The van der Waals surface area contributed by atoms with Crippen molar-refractivity contribution >= 4 is 0 Å². The molecule has 0 aromatic carbocycles. The third-order valence-corrected chi connectivity index (χ3v) is 6.77. The first-order valence-corrected chi connectivity index (χ1v) is 17.0. The highest BCUT2D eigenvalue weighted by molar-refractivity contribution is 4.49. The van der Waals surface area contributed by atoms with Gasteiger partial charge in [0.05, 0.1) is 79.3 Å². The zero-order valence-corrected chi connectivity index (χ0v) is 26.8. The van der Waals surface area contributed by atoms with Crippen LogP contribution in [0, 0.1) is 0 Å². The van der Waals surface area contributed by atoms with E-state index in [2.05, 4.69) is 13.8 Å². The van der Waals surface area contributed by atoms with E-state index in [0.717, 1.165) is 26.1 Å². The van der Waals surface area contributed by atoms with E-state index in [1.54, 1.807) is 0 Å². The second-order valence-electron chi connectivity index (χ2n) is 10.6. The summed E-state index contributed by atoms with van der Waals surface area (Å²) in [4.78, 5) is 0. The number of ether oxygens (including phenoxy) is 7. The lowest BCUT2D eigenvalue weighted by Gasteiger charge is -2.08. The van der Waals surface area contributed by atoms with Crippen LogP contribution >= 0.6 is 0 Å². The van der Waals surface area contributed by atoms with Crippen LogP contribution in [0.3, 0.4) is 0 Å². The summed E-state index contributed by atoms with van der Waals surface area (Å²) in [5, 5.41) is 0. The molecule has 0 aliphatic heterocycles. The Bertz CT molecular complexity index is 388. The first-order valence-electron chi connectivity index (χ1n) is 17.0. The van der Waals surface area contributed by atoms with Gasteiger partial charge in [0, 0.05) is 13.2 Å². The number of hydrogen-bond donors (Lipinski definition) is 0. The lowest BCUT2D eigenvalue weighted by molar-refractivity contribution is -0.0206. The van der Waals surface area contributed by atoms with Crippen LogP contribution in [0.2, 0.25) is 0 Å². The fourth-order valence-electron chi connectivity index (χ4n) is 4.27. The highest BCUT2D eigenvalue weighted by atomic mass is 16.6. The van der Waals surface area contributed by atoms with E-state index in [1.807, 2.05) is 0 Å². The quantitative estimate of drug-likeness (QED) is 0.0700. The van der Waals surface area contributed by atoms with Crippen LogP contribution in [0.4, 0.5) is 0 Å². The molecule has 0 aliphatic rings. The van der Waals surface area contributed by atoms with Crippen LogP contribution < -0.4 is 0 Å². The Kier molecular flexibility index (Phi) is 38.4. The average molecular weight is 577 g/mol. The van der Waals surface area contributed by atoms with E-state index in [4.69, 9.17) is 33.2 Å². The summed E-state index contributed by atoms with van der Waals surface area (Å²) in [5.41, 5.74) is 0. The Morgan fingerprint density at radius 2 is 0.375 bits per heavy atom. The van der Waals surface area contributed by atoms with Crippen molar-refractivity contribution in [2.75, 3.05) is 92.5 Å². The number of rotatable bonds is 37. The largest absolute Gasteiger partial charge is 0.379 e. The van der Waals surface area contributed by atoms with Crippen LogP contribution in [0.15, 0.2) is 0 Å². The lowest BCUT2D eigenvalue weighted by Crippen LogP contribution is -2.14. The van der Waals surface area contributed by atoms with Crippen molar-refractivity contribution in [3.8, 4) is 0 Å². The molecular weight excluding hydrogens is 508 g/mol. The van der Waals surface area contributed by atoms with Crippen LogP contribution in [0.5, 0.6) is 0 Å². The maximum Gasteiger partial charge on any atom is 0.0701 e. The molecule has 0 fully saturated rings. The Morgan fingerprint density at radius 3 is 0.650 bits per heavy atom. The molecule has 0 bridgehead atoms. The lowest BCUT2D eigenvalue weighted by atomic mass is 10.0. The Morgan fingerprint density at radius 1 is 0.200 bits per heavy atom. The van der Waals surface area contributed by atoms with Crippen molar-refractivity contribution in [1.29, 1.82) is 0 Å². The summed E-state index contributed by atoms with van der Waals surface area (Å²) in [5.74, 6) is 0. The van der Waals surface area contributed by atoms with Gasteiger partial charge in [-0.05, 0) is 12.8 Å².